The first-order chi connectivity index (χ1) is 7.94. The molecule has 17 heavy (non-hydrogen) atoms. The zero-order chi connectivity index (χ0) is 12.9. The normalized spacial score (nSPS) is 12.0. The molecule has 6 heteroatoms. The molecular weight excluding hydrogens is 242 g/mol. The third-order valence-corrected chi connectivity index (χ3v) is 3.09. The highest BCUT2D eigenvalue weighted by molar-refractivity contribution is 7.93. The number of ether oxygens (including phenoxy) is 1. The average Bonchev–Trinajstić information content (AvgIpc) is 2.28. The molecule has 0 bridgehead atoms. The van der Waals surface area contributed by atoms with Crippen LogP contribution in [0.25, 0.3) is 5.57 Å². The summed E-state index contributed by atoms with van der Waals surface area (Å²) in [5.74, 6) is 0. The Kier molecular flexibility index (Phi) is 4.28. The van der Waals surface area contributed by atoms with Crippen LogP contribution in [0.4, 0.5) is 4.79 Å². The molecule has 1 amide bonds. The van der Waals surface area contributed by atoms with E-state index in [0.717, 1.165) is 18.1 Å². The van der Waals surface area contributed by atoms with Crippen LogP contribution in [-0.2, 0) is 14.8 Å². The summed E-state index contributed by atoms with van der Waals surface area (Å²) in [6, 6.07) is 8.98. The minimum absolute atomic E-state index is 0.530. The molecule has 0 atom stereocenters. The minimum atomic E-state index is -3.83. The molecular formula is C11H13NO4S. The number of sulfonamides is 1. The summed E-state index contributed by atoms with van der Waals surface area (Å²) < 4.78 is 28.9. The second kappa shape index (κ2) is 5.49. The first kappa shape index (κ1) is 13.2. The van der Waals surface area contributed by atoms with Gasteiger partial charge in [-0.1, -0.05) is 30.3 Å². The molecule has 0 aliphatic carbocycles. The van der Waals surface area contributed by atoms with E-state index < -0.39 is 16.1 Å². The Morgan fingerprint density at radius 3 is 2.41 bits per heavy atom. The quantitative estimate of drug-likeness (QED) is 0.892. The van der Waals surface area contributed by atoms with Crippen LogP contribution < -0.4 is 4.72 Å². The van der Waals surface area contributed by atoms with E-state index >= 15 is 0 Å². The van der Waals surface area contributed by atoms with Crippen molar-refractivity contribution in [1.29, 1.82) is 0 Å². The third-order valence-electron chi connectivity index (χ3n) is 1.97. The summed E-state index contributed by atoms with van der Waals surface area (Å²) >= 11 is 0. The number of hydrogen-bond donors (Lipinski definition) is 1. The molecule has 1 rings (SSSR count). The Bertz CT molecular complexity index is 520. The summed E-state index contributed by atoms with van der Waals surface area (Å²) in [6.07, 6.45) is -1.01. The third kappa shape index (κ3) is 4.28. The molecule has 0 radical (unpaired) electrons. The first-order valence-corrected chi connectivity index (χ1v) is 6.34. The molecule has 92 valence electrons. The van der Waals surface area contributed by atoms with Gasteiger partial charge in [0.25, 0.3) is 10.0 Å². The maximum Gasteiger partial charge on any atom is 0.420 e. The van der Waals surface area contributed by atoms with E-state index in [9.17, 15) is 13.2 Å². The molecule has 0 saturated heterocycles. The van der Waals surface area contributed by atoms with Gasteiger partial charge in [-0.25, -0.2) is 17.9 Å². The lowest BCUT2D eigenvalue weighted by Gasteiger charge is -2.04. The lowest BCUT2D eigenvalue weighted by molar-refractivity contribution is 0.178. The van der Waals surface area contributed by atoms with Crippen LogP contribution in [0.5, 0.6) is 0 Å². The number of rotatable bonds is 3. The molecule has 0 saturated carbocycles. The standard InChI is InChI=1S/C11H13NO4S/c1-9(10-6-4-3-5-7-10)8-17(14,15)12-11(13)16-2/h3-8H,1-2H3,(H,12,13)/b9-8+. The van der Waals surface area contributed by atoms with Gasteiger partial charge in [-0.2, -0.15) is 0 Å². The van der Waals surface area contributed by atoms with E-state index in [2.05, 4.69) is 4.74 Å². The Morgan fingerprint density at radius 1 is 1.29 bits per heavy atom. The summed E-state index contributed by atoms with van der Waals surface area (Å²) in [4.78, 5) is 10.8. The topological polar surface area (TPSA) is 72.5 Å². The van der Waals surface area contributed by atoms with Crippen molar-refractivity contribution in [2.75, 3.05) is 7.11 Å². The highest BCUT2D eigenvalue weighted by Gasteiger charge is 2.12. The van der Waals surface area contributed by atoms with E-state index in [1.165, 1.54) is 0 Å². The molecule has 1 aromatic rings. The largest absolute Gasteiger partial charge is 0.452 e. The second-order valence-corrected chi connectivity index (χ2v) is 4.84. The van der Waals surface area contributed by atoms with E-state index in [1.54, 1.807) is 35.9 Å². The molecule has 1 N–H and O–H groups in total. The lowest BCUT2D eigenvalue weighted by atomic mass is 10.1. The van der Waals surface area contributed by atoms with E-state index in [-0.39, 0.29) is 0 Å². The van der Waals surface area contributed by atoms with Crippen molar-refractivity contribution in [2.45, 2.75) is 6.92 Å². The summed E-state index contributed by atoms with van der Waals surface area (Å²) in [7, 11) is -2.73. The molecule has 0 aliphatic rings. The van der Waals surface area contributed by atoms with Crippen molar-refractivity contribution < 1.29 is 17.9 Å². The van der Waals surface area contributed by atoms with Gasteiger partial charge in [0, 0.05) is 0 Å². The van der Waals surface area contributed by atoms with Crippen molar-refractivity contribution in [1.82, 2.24) is 4.72 Å². The van der Waals surface area contributed by atoms with E-state index in [0.29, 0.717) is 5.57 Å². The number of amides is 1. The van der Waals surface area contributed by atoms with Crippen LogP contribution >= 0.6 is 0 Å². The van der Waals surface area contributed by atoms with Crippen LogP contribution in [0.15, 0.2) is 35.7 Å². The van der Waals surface area contributed by atoms with Crippen LogP contribution in [0.3, 0.4) is 0 Å². The maximum absolute atomic E-state index is 11.5. The molecule has 0 unspecified atom stereocenters. The van der Waals surface area contributed by atoms with Gasteiger partial charge < -0.3 is 4.74 Å². The van der Waals surface area contributed by atoms with Crippen LogP contribution in [0.2, 0.25) is 0 Å². The number of benzene rings is 1. The monoisotopic (exact) mass is 255 g/mol. The van der Waals surface area contributed by atoms with Crippen LogP contribution in [0, 0.1) is 0 Å². The van der Waals surface area contributed by atoms with Gasteiger partial charge in [-0.15, -0.1) is 0 Å². The summed E-state index contributed by atoms with van der Waals surface area (Å²) in [6.45, 7) is 1.64. The molecule has 0 spiro atoms. The fourth-order valence-electron chi connectivity index (χ4n) is 1.19. The molecule has 1 aromatic carbocycles. The maximum atomic E-state index is 11.5. The zero-order valence-electron chi connectivity index (χ0n) is 9.51. The number of methoxy groups -OCH3 is 1. The van der Waals surface area contributed by atoms with Crippen LogP contribution in [-0.4, -0.2) is 21.6 Å². The number of carbonyl (C=O) groups is 1. The number of carbonyl (C=O) groups excluding carboxylic acids is 1. The second-order valence-electron chi connectivity index (χ2n) is 3.31. The molecule has 0 aromatic heterocycles. The fourth-order valence-corrected chi connectivity index (χ4v) is 2.17. The van der Waals surface area contributed by atoms with Crippen molar-refractivity contribution >= 4 is 21.7 Å². The van der Waals surface area contributed by atoms with E-state index in [4.69, 9.17) is 0 Å². The highest BCUT2D eigenvalue weighted by Crippen LogP contribution is 2.13. The van der Waals surface area contributed by atoms with Crippen molar-refractivity contribution in [3.8, 4) is 0 Å². The predicted molar refractivity (Wildman–Crippen MR) is 64.6 cm³/mol. The first-order valence-electron chi connectivity index (χ1n) is 4.79. The Labute approximate surface area is 100 Å². The Hall–Kier alpha value is -1.82. The fraction of sp³-hybridized carbons (Fsp3) is 0.182. The molecule has 0 aliphatic heterocycles. The number of allylic oxidation sites excluding steroid dienone is 1. The number of hydrogen-bond acceptors (Lipinski definition) is 4. The SMILES string of the molecule is COC(=O)NS(=O)(=O)/C=C(\C)c1ccccc1. The average molecular weight is 255 g/mol. The van der Waals surface area contributed by atoms with Gasteiger partial charge in [0.05, 0.1) is 12.5 Å². The van der Waals surface area contributed by atoms with Crippen molar-refractivity contribution in [2.24, 2.45) is 0 Å². The molecule has 0 heterocycles. The van der Waals surface area contributed by atoms with Crippen molar-refractivity contribution in [3.05, 3.63) is 41.3 Å². The van der Waals surface area contributed by atoms with Gasteiger partial charge in [0.2, 0.25) is 0 Å². The minimum Gasteiger partial charge on any atom is -0.452 e. The van der Waals surface area contributed by atoms with Crippen molar-refractivity contribution in [3.63, 3.8) is 0 Å². The molecule has 5 nitrogen and oxygen atoms in total. The van der Waals surface area contributed by atoms with Gasteiger partial charge in [0.1, 0.15) is 0 Å². The predicted octanol–water partition coefficient (Wildman–Crippen LogP) is 1.73. The summed E-state index contributed by atoms with van der Waals surface area (Å²) in [5, 5.41) is 0.985. The van der Waals surface area contributed by atoms with Gasteiger partial charge >= 0.3 is 6.09 Å². The van der Waals surface area contributed by atoms with Gasteiger partial charge in [-0.3, -0.25) is 0 Å². The zero-order valence-corrected chi connectivity index (χ0v) is 10.3. The smallest absolute Gasteiger partial charge is 0.420 e. The van der Waals surface area contributed by atoms with Crippen LogP contribution in [0.1, 0.15) is 12.5 Å². The molecule has 0 fully saturated rings. The Balaban J connectivity index is 2.92. The lowest BCUT2D eigenvalue weighted by Crippen LogP contribution is -2.28. The van der Waals surface area contributed by atoms with Gasteiger partial charge in [-0.05, 0) is 18.1 Å². The van der Waals surface area contributed by atoms with E-state index in [1.807, 2.05) is 6.07 Å². The van der Waals surface area contributed by atoms with Gasteiger partial charge in [0.15, 0.2) is 0 Å². The summed E-state index contributed by atoms with van der Waals surface area (Å²) in [5.41, 5.74) is 1.30. The Morgan fingerprint density at radius 2 is 1.88 bits per heavy atom. The highest BCUT2D eigenvalue weighted by atomic mass is 32.2. The number of nitrogens with one attached hydrogen (secondary N) is 1.